The van der Waals surface area contributed by atoms with E-state index in [1.165, 1.54) is 12.1 Å². The number of hydrogen-bond acceptors (Lipinski definition) is 8. The van der Waals surface area contributed by atoms with E-state index in [4.69, 9.17) is 9.26 Å². The van der Waals surface area contributed by atoms with Crippen LogP contribution in [-0.2, 0) is 14.6 Å². The summed E-state index contributed by atoms with van der Waals surface area (Å²) in [6.45, 7) is 5.80. The molecular formula is C20H27FN4O5S. The lowest BCUT2D eigenvalue weighted by Gasteiger charge is -2.30. The first kappa shape index (κ1) is 23.0. The molecule has 1 N–H and O–H groups in total. The highest BCUT2D eigenvalue weighted by atomic mass is 32.2. The summed E-state index contributed by atoms with van der Waals surface area (Å²) in [5.74, 6) is 0.981. The number of benzene rings is 1. The number of nitrogens with one attached hydrogen (secondary N) is 1. The number of anilines is 2. The Morgan fingerprint density at radius 1 is 1.35 bits per heavy atom. The first-order valence-corrected chi connectivity index (χ1v) is 12.0. The van der Waals surface area contributed by atoms with Crippen molar-refractivity contribution in [3.05, 3.63) is 29.9 Å². The standard InChI is InChI=1S/C20H27FN4O5S/c1-13(2)18-23-19(24-30-18)25-9-6-14(7-10-25)8-11-29-20(26)22-17-5-4-15(12-16(17)21)31(3,27)28/h4-5,12-14H,6-11H2,1-3H3,(H,22,26). The lowest BCUT2D eigenvalue weighted by Crippen LogP contribution is -2.34. The molecule has 0 saturated carbocycles. The summed E-state index contributed by atoms with van der Waals surface area (Å²) < 4.78 is 47.3. The molecule has 0 bridgehead atoms. The van der Waals surface area contributed by atoms with E-state index in [0.717, 1.165) is 38.3 Å². The first-order valence-electron chi connectivity index (χ1n) is 10.2. The van der Waals surface area contributed by atoms with Crippen LogP contribution in [0.1, 0.15) is 44.9 Å². The van der Waals surface area contributed by atoms with Crippen molar-refractivity contribution in [1.29, 1.82) is 0 Å². The Morgan fingerprint density at radius 3 is 2.65 bits per heavy atom. The molecule has 1 aromatic heterocycles. The van der Waals surface area contributed by atoms with E-state index in [-0.39, 0.29) is 23.1 Å². The van der Waals surface area contributed by atoms with Crippen LogP contribution >= 0.6 is 0 Å². The smallest absolute Gasteiger partial charge is 0.411 e. The molecule has 1 fully saturated rings. The number of rotatable bonds is 7. The fraction of sp³-hybridized carbons (Fsp3) is 0.550. The molecule has 1 amide bonds. The van der Waals surface area contributed by atoms with Gasteiger partial charge in [0, 0.05) is 25.3 Å². The number of aromatic nitrogens is 2. The van der Waals surface area contributed by atoms with Gasteiger partial charge in [0.2, 0.25) is 5.89 Å². The van der Waals surface area contributed by atoms with E-state index < -0.39 is 21.7 Å². The third-order valence-electron chi connectivity index (χ3n) is 5.19. The van der Waals surface area contributed by atoms with Crippen LogP contribution in [0.15, 0.2) is 27.6 Å². The van der Waals surface area contributed by atoms with Crippen LogP contribution in [0, 0.1) is 11.7 Å². The Balaban J connectivity index is 1.40. The van der Waals surface area contributed by atoms with Gasteiger partial charge in [-0.25, -0.2) is 17.6 Å². The third kappa shape index (κ3) is 6.16. The molecule has 31 heavy (non-hydrogen) atoms. The zero-order chi connectivity index (χ0) is 22.6. The van der Waals surface area contributed by atoms with E-state index in [0.29, 0.717) is 24.2 Å². The molecule has 2 aromatic rings. The van der Waals surface area contributed by atoms with Crippen molar-refractivity contribution in [3.63, 3.8) is 0 Å². The number of carbonyl (C=O) groups excluding carboxylic acids is 1. The molecule has 0 unspecified atom stereocenters. The summed E-state index contributed by atoms with van der Waals surface area (Å²) in [7, 11) is -3.52. The highest BCUT2D eigenvalue weighted by Crippen LogP contribution is 2.25. The lowest BCUT2D eigenvalue weighted by atomic mass is 9.94. The normalized spacial score (nSPS) is 15.3. The lowest BCUT2D eigenvalue weighted by molar-refractivity contribution is 0.150. The van der Waals surface area contributed by atoms with E-state index in [1.54, 1.807) is 0 Å². The molecule has 0 aliphatic carbocycles. The molecule has 3 rings (SSSR count). The summed E-state index contributed by atoms with van der Waals surface area (Å²) in [4.78, 5) is 18.3. The van der Waals surface area contributed by atoms with Gasteiger partial charge in [-0.3, -0.25) is 5.32 Å². The predicted octanol–water partition coefficient (Wildman–Crippen LogP) is 3.59. The molecule has 11 heteroatoms. The maximum atomic E-state index is 14.0. The van der Waals surface area contributed by atoms with Crippen LogP contribution in [0.5, 0.6) is 0 Å². The van der Waals surface area contributed by atoms with Crippen LogP contribution in [0.2, 0.25) is 0 Å². The van der Waals surface area contributed by atoms with Crippen molar-refractivity contribution < 1.29 is 26.9 Å². The number of carbonyl (C=O) groups is 1. The Hall–Kier alpha value is -2.69. The van der Waals surface area contributed by atoms with Gasteiger partial charge in [0.05, 0.1) is 17.2 Å². The maximum absolute atomic E-state index is 14.0. The van der Waals surface area contributed by atoms with Gasteiger partial charge in [0.1, 0.15) is 5.82 Å². The Labute approximate surface area is 180 Å². The van der Waals surface area contributed by atoms with Gasteiger partial charge in [-0.1, -0.05) is 13.8 Å². The molecule has 0 radical (unpaired) electrons. The van der Waals surface area contributed by atoms with E-state index in [2.05, 4.69) is 20.4 Å². The highest BCUT2D eigenvalue weighted by Gasteiger charge is 2.23. The second-order valence-electron chi connectivity index (χ2n) is 7.98. The molecule has 9 nitrogen and oxygen atoms in total. The number of hydrogen-bond donors (Lipinski definition) is 1. The number of amides is 1. The van der Waals surface area contributed by atoms with E-state index in [9.17, 15) is 17.6 Å². The van der Waals surface area contributed by atoms with Crippen molar-refractivity contribution in [2.75, 3.05) is 36.2 Å². The average molecular weight is 455 g/mol. The van der Waals surface area contributed by atoms with Gasteiger partial charge in [0.25, 0.3) is 5.95 Å². The van der Waals surface area contributed by atoms with Crippen molar-refractivity contribution in [3.8, 4) is 0 Å². The first-order chi connectivity index (χ1) is 14.6. The van der Waals surface area contributed by atoms with Crippen LogP contribution in [0.3, 0.4) is 0 Å². The molecule has 0 spiro atoms. The van der Waals surface area contributed by atoms with Crippen LogP contribution in [0.4, 0.5) is 20.8 Å². The molecule has 1 aromatic carbocycles. The zero-order valence-corrected chi connectivity index (χ0v) is 18.6. The monoisotopic (exact) mass is 454 g/mol. The van der Waals surface area contributed by atoms with Crippen molar-refractivity contribution in [2.45, 2.75) is 43.9 Å². The largest absolute Gasteiger partial charge is 0.449 e. The summed E-state index contributed by atoms with van der Waals surface area (Å²) >= 11 is 0. The highest BCUT2D eigenvalue weighted by molar-refractivity contribution is 7.90. The Bertz CT molecular complexity index is 1020. The Morgan fingerprint density at radius 2 is 2.06 bits per heavy atom. The molecule has 1 aliphatic heterocycles. The molecule has 170 valence electrons. The van der Waals surface area contributed by atoms with Gasteiger partial charge in [-0.2, -0.15) is 4.98 Å². The maximum Gasteiger partial charge on any atom is 0.411 e. The fourth-order valence-corrected chi connectivity index (χ4v) is 3.94. The number of nitrogens with zero attached hydrogens (tertiary/aromatic N) is 3. The van der Waals surface area contributed by atoms with Crippen molar-refractivity contribution in [1.82, 2.24) is 10.1 Å². The van der Waals surface area contributed by atoms with Gasteiger partial charge < -0.3 is 14.2 Å². The van der Waals surface area contributed by atoms with Gasteiger partial charge in [-0.05, 0) is 48.5 Å². The zero-order valence-electron chi connectivity index (χ0n) is 17.8. The second-order valence-corrected chi connectivity index (χ2v) is 10.00. The molecular weight excluding hydrogens is 427 g/mol. The van der Waals surface area contributed by atoms with Crippen LogP contribution in [-0.4, -0.2) is 50.6 Å². The Kier molecular flexibility index (Phi) is 7.14. The quantitative estimate of drug-likeness (QED) is 0.675. The van der Waals surface area contributed by atoms with E-state index >= 15 is 0 Å². The summed E-state index contributed by atoms with van der Waals surface area (Å²) in [5.41, 5.74) is -0.133. The number of halogens is 1. The minimum absolute atomic E-state index is 0.133. The summed E-state index contributed by atoms with van der Waals surface area (Å²) in [5, 5.41) is 6.34. The average Bonchev–Trinajstić information content (AvgIpc) is 3.20. The fourth-order valence-electron chi connectivity index (χ4n) is 3.30. The van der Waals surface area contributed by atoms with Crippen LogP contribution in [0.25, 0.3) is 0 Å². The summed E-state index contributed by atoms with van der Waals surface area (Å²) in [6.07, 6.45) is 2.73. The SMILES string of the molecule is CC(C)c1nc(N2CCC(CCOC(=O)Nc3ccc(S(C)(=O)=O)cc3F)CC2)no1. The molecule has 0 atom stereocenters. The molecule has 2 heterocycles. The third-order valence-corrected chi connectivity index (χ3v) is 6.30. The van der Waals surface area contributed by atoms with Crippen LogP contribution < -0.4 is 10.2 Å². The summed E-state index contributed by atoms with van der Waals surface area (Å²) in [6, 6.07) is 3.30. The predicted molar refractivity (Wildman–Crippen MR) is 112 cm³/mol. The minimum Gasteiger partial charge on any atom is -0.449 e. The number of ether oxygens (including phenoxy) is 1. The van der Waals surface area contributed by atoms with Gasteiger partial charge in [0.15, 0.2) is 9.84 Å². The van der Waals surface area contributed by atoms with Crippen molar-refractivity contribution in [2.24, 2.45) is 5.92 Å². The number of sulfone groups is 1. The minimum atomic E-state index is -3.52. The van der Waals surface area contributed by atoms with Gasteiger partial charge >= 0.3 is 6.09 Å². The van der Waals surface area contributed by atoms with E-state index in [1.807, 2.05) is 13.8 Å². The van der Waals surface area contributed by atoms with Gasteiger partial charge in [-0.15, -0.1) is 0 Å². The number of piperidine rings is 1. The molecule has 1 saturated heterocycles. The second kappa shape index (κ2) is 9.63. The molecule has 1 aliphatic rings. The van der Waals surface area contributed by atoms with Crippen molar-refractivity contribution >= 4 is 27.6 Å². The topological polar surface area (TPSA) is 115 Å².